The van der Waals surface area contributed by atoms with Crippen LogP contribution >= 0.6 is 0 Å². The van der Waals surface area contributed by atoms with E-state index in [2.05, 4.69) is 4.98 Å². The van der Waals surface area contributed by atoms with Gasteiger partial charge in [0.1, 0.15) is 5.69 Å². The number of aliphatic hydroxyl groups is 1. The van der Waals surface area contributed by atoms with Gasteiger partial charge in [-0.2, -0.15) is 0 Å². The van der Waals surface area contributed by atoms with Gasteiger partial charge in [-0.15, -0.1) is 0 Å². The molecular weight excluding hydrogens is 236 g/mol. The van der Waals surface area contributed by atoms with Crippen molar-refractivity contribution in [1.82, 2.24) is 9.88 Å². The number of nitrogens with zero attached hydrogens (tertiary/aromatic N) is 2. The Bertz CT molecular complexity index is 428. The van der Waals surface area contributed by atoms with Crippen molar-refractivity contribution in [3.8, 4) is 0 Å². The van der Waals surface area contributed by atoms with Gasteiger partial charge in [-0.25, -0.2) is 4.79 Å². The van der Waals surface area contributed by atoms with E-state index in [-0.39, 0.29) is 17.2 Å². The Hall–Kier alpha value is -1.95. The second-order valence-corrected chi connectivity index (χ2v) is 4.10. The van der Waals surface area contributed by atoms with Gasteiger partial charge in [-0.3, -0.25) is 9.78 Å². The SMILES string of the molecule is CC(O)CCN(C)C(=O)c1ccc(C(=O)O)cn1. The minimum atomic E-state index is -1.08. The minimum Gasteiger partial charge on any atom is -0.478 e. The Morgan fingerprint density at radius 2 is 2.11 bits per heavy atom. The van der Waals surface area contributed by atoms with Crippen LogP contribution < -0.4 is 0 Å². The first-order chi connectivity index (χ1) is 8.41. The minimum absolute atomic E-state index is 0.0400. The zero-order valence-corrected chi connectivity index (χ0v) is 10.3. The van der Waals surface area contributed by atoms with Crippen molar-refractivity contribution in [2.45, 2.75) is 19.4 Å². The van der Waals surface area contributed by atoms with Gasteiger partial charge in [0.25, 0.3) is 5.91 Å². The van der Waals surface area contributed by atoms with E-state index in [9.17, 15) is 9.59 Å². The third kappa shape index (κ3) is 3.81. The lowest BCUT2D eigenvalue weighted by Gasteiger charge is -2.17. The van der Waals surface area contributed by atoms with Crippen molar-refractivity contribution in [3.05, 3.63) is 29.6 Å². The number of carbonyl (C=O) groups excluding carboxylic acids is 1. The second-order valence-electron chi connectivity index (χ2n) is 4.10. The lowest BCUT2D eigenvalue weighted by atomic mass is 10.2. The number of aromatic nitrogens is 1. The van der Waals surface area contributed by atoms with E-state index in [1.165, 1.54) is 17.0 Å². The Labute approximate surface area is 105 Å². The first-order valence-corrected chi connectivity index (χ1v) is 5.54. The quantitative estimate of drug-likeness (QED) is 0.801. The van der Waals surface area contributed by atoms with Crippen molar-refractivity contribution in [1.29, 1.82) is 0 Å². The highest BCUT2D eigenvalue weighted by Gasteiger charge is 2.14. The van der Waals surface area contributed by atoms with Crippen molar-refractivity contribution in [3.63, 3.8) is 0 Å². The molecule has 0 bridgehead atoms. The Morgan fingerprint density at radius 3 is 2.56 bits per heavy atom. The summed E-state index contributed by atoms with van der Waals surface area (Å²) in [6, 6.07) is 2.72. The van der Waals surface area contributed by atoms with E-state index in [1.54, 1.807) is 14.0 Å². The summed E-state index contributed by atoms with van der Waals surface area (Å²) >= 11 is 0. The van der Waals surface area contributed by atoms with Crippen LogP contribution in [-0.2, 0) is 0 Å². The number of hydrogen-bond donors (Lipinski definition) is 2. The standard InChI is InChI=1S/C12H16N2O4/c1-8(15)5-6-14(2)11(16)10-4-3-9(7-13-10)12(17)18/h3-4,7-8,15H,5-6H2,1-2H3,(H,17,18). The van der Waals surface area contributed by atoms with Crippen molar-refractivity contribution in [2.75, 3.05) is 13.6 Å². The molecule has 1 heterocycles. The molecule has 1 unspecified atom stereocenters. The van der Waals surface area contributed by atoms with Crippen molar-refractivity contribution >= 4 is 11.9 Å². The topological polar surface area (TPSA) is 90.7 Å². The molecule has 0 aromatic carbocycles. The maximum Gasteiger partial charge on any atom is 0.337 e. The van der Waals surface area contributed by atoms with Crippen LogP contribution in [0.4, 0.5) is 0 Å². The zero-order chi connectivity index (χ0) is 13.7. The van der Waals surface area contributed by atoms with Crippen LogP contribution in [0.2, 0.25) is 0 Å². The largest absolute Gasteiger partial charge is 0.478 e. The number of aromatic carboxylic acids is 1. The molecule has 0 aliphatic rings. The summed E-state index contributed by atoms with van der Waals surface area (Å²) in [6.45, 7) is 2.07. The molecule has 0 spiro atoms. The van der Waals surface area contributed by atoms with E-state index in [1.807, 2.05) is 0 Å². The average Bonchev–Trinajstić information content (AvgIpc) is 2.35. The summed E-state index contributed by atoms with van der Waals surface area (Å²) in [5, 5.41) is 17.8. The van der Waals surface area contributed by atoms with Crippen molar-refractivity contribution < 1.29 is 19.8 Å². The first kappa shape index (κ1) is 14.1. The number of carbonyl (C=O) groups is 2. The number of aliphatic hydroxyl groups excluding tert-OH is 1. The van der Waals surface area contributed by atoms with Crippen LogP contribution in [0.5, 0.6) is 0 Å². The van der Waals surface area contributed by atoms with E-state index in [0.29, 0.717) is 13.0 Å². The van der Waals surface area contributed by atoms with E-state index in [0.717, 1.165) is 6.20 Å². The molecule has 0 saturated carbocycles. The number of amides is 1. The van der Waals surface area contributed by atoms with Crippen LogP contribution in [0.1, 0.15) is 34.2 Å². The molecule has 2 N–H and O–H groups in total. The highest BCUT2D eigenvalue weighted by atomic mass is 16.4. The van der Waals surface area contributed by atoms with Crippen LogP contribution in [0.3, 0.4) is 0 Å². The normalized spacial score (nSPS) is 11.9. The van der Waals surface area contributed by atoms with Gasteiger partial charge in [0, 0.05) is 19.8 Å². The number of carboxylic acids is 1. The predicted molar refractivity (Wildman–Crippen MR) is 64.5 cm³/mol. The number of rotatable bonds is 5. The molecule has 1 rings (SSSR count). The summed E-state index contributed by atoms with van der Waals surface area (Å²) in [6.07, 6.45) is 1.16. The molecule has 0 aliphatic carbocycles. The van der Waals surface area contributed by atoms with E-state index in [4.69, 9.17) is 10.2 Å². The lowest BCUT2D eigenvalue weighted by molar-refractivity contribution is 0.0693. The fourth-order valence-corrected chi connectivity index (χ4v) is 1.32. The fourth-order valence-electron chi connectivity index (χ4n) is 1.32. The molecule has 1 aromatic heterocycles. The van der Waals surface area contributed by atoms with Gasteiger partial charge >= 0.3 is 5.97 Å². The van der Waals surface area contributed by atoms with Crippen molar-refractivity contribution in [2.24, 2.45) is 0 Å². The second kappa shape index (κ2) is 6.11. The molecule has 0 radical (unpaired) electrons. The number of hydrogen-bond acceptors (Lipinski definition) is 4. The summed E-state index contributed by atoms with van der Waals surface area (Å²) < 4.78 is 0. The molecule has 1 atom stereocenters. The molecule has 0 fully saturated rings. The highest BCUT2D eigenvalue weighted by Crippen LogP contribution is 2.04. The highest BCUT2D eigenvalue weighted by molar-refractivity contribution is 5.93. The smallest absolute Gasteiger partial charge is 0.337 e. The molecule has 1 amide bonds. The summed E-state index contributed by atoms with van der Waals surface area (Å²) in [5.41, 5.74) is 0.228. The van der Waals surface area contributed by atoms with E-state index >= 15 is 0 Å². The van der Waals surface area contributed by atoms with E-state index < -0.39 is 12.1 Å². The van der Waals surface area contributed by atoms with Crippen LogP contribution in [0.25, 0.3) is 0 Å². The first-order valence-electron chi connectivity index (χ1n) is 5.54. The molecule has 6 nitrogen and oxygen atoms in total. The average molecular weight is 252 g/mol. The van der Waals surface area contributed by atoms with Gasteiger partial charge in [0.15, 0.2) is 0 Å². The molecule has 0 saturated heterocycles. The monoisotopic (exact) mass is 252 g/mol. The Balaban J connectivity index is 2.69. The lowest BCUT2D eigenvalue weighted by Crippen LogP contribution is -2.30. The molecule has 1 aromatic rings. The number of pyridine rings is 1. The fraction of sp³-hybridized carbons (Fsp3) is 0.417. The Morgan fingerprint density at radius 1 is 1.44 bits per heavy atom. The Kier molecular flexibility index (Phi) is 4.79. The van der Waals surface area contributed by atoms with Gasteiger partial charge in [-0.1, -0.05) is 0 Å². The molecule has 6 heteroatoms. The predicted octanol–water partition coefficient (Wildman–Crippen LogP) is 0.623. The van der Waals surface area contributed by atoms with Gasteiger partial charge in [-0.05, 0) is 25.5 Å². The summed E-state index contributed by atoms with van der Waals surface area (Å²) in [5.74, 6) is -1.38. The maximum absolute atomic E-state index is 11.9. The molecule has 18 heavy (non-hydrogen) atoms. The van der Waals surface area contributed by atoms with Gasteiger partial charge in [0.2, 0.25) is 0 Å². The zero-order valence-electron chi connectivity index (χ0n) is 10.3. The van der Waals surface area contributed by atoms with Gasteiger partial charge < -0.3 is 15.1 Å². The summed E-state index contributed by atoms with van der Waals surface area (Å²) in [7, 11) is 1.61. The van der Waals surface area contributed by atoms with Crippen LogP contribution in [0.15, 0.2) is 18.3 Å². The maximum atomic E-state index is 11.9. The molecule has 98 valence electrons. The molecule has 0 aliphatic heterocycles. The summed E-state index contributed by atoms with van der Waals surface area (Å²) in [4.78, 5) is 27.8. The molecular formula is C12H16N2O4. The van der Waals surface area contributed by atoms with Crippen LogP contribution in [0, 0.1) is 0 Å². The number of carboxylic acid groups (broad SMARTS) is 1. The van der Waals surface area contributed by atoms with Crippen LogP contribution in [-0.4, -0.2) is 51.7 Å². The third-order valence-electron chi connectivity index (χ3n) is 2.46. The van der Waals surface area contributed by atoms with Gasteiger partial charge in [0.05, 0.1) is 11.7 Å². The third-order valence-corrected chi connectivity index (χ3v) is 2.46.